The quantitative estimate of drug-likeness (QED) is 0.711. The highest BCUT2D eigenvalue weighted by Crippen LogP contribution is 2.25. The Morgan fingerprint density at radius 3 is 1.86 bits per heavy atom. The van der Waals surface area contributed by atoms with E-state index in [1.165, 1.54) is 12.0 Å². The van der Waals surface area contributed by atoms with E-state index in [1.807, 2.05) is 48.5 Å². The first-order valence-electron chi connectivity index (χ1n) is 10.2. The Morgan fingerprint density at radius 2 is 1.32 bits per heavy atom. The lowest BCUT2D eigenvalue weighted by Crippen LogP contribution is -2.24. The highest BCUT2D eigenvalue weighted by atomic mass is 16.2. The van der Waals surface area contributed by atoms with Gasteiger partial charge in [-0.05, 0) is 60.2 Å². The van der Waals surface area contributed by atoms with Gasteiger partial charge in [-0.1, -0.05) is 52.2 Å². The van der Waals surface area contributed by atoms with Crippen LogP contribution in [0.3, 0.4) is 0 Å². The van der Waals surface area contributed by atoms with E-state index in [0.29, 0.717) is 11.3 Å². The molecule has 1 saturated carbocycles. The summed E-state index contributed by atoms with van der Waals surface area (Å²) in [7, 11) is 0. The van der Waals surface area contributed by atoms with Crippen molar-refractivity contribution in [2.75, 3.05) is 10.6 Å². The van der Waals surface area contributed by atoms with E-state index in [9.17, 15) is 9.59 Å². The van der Waals surface area contributed by atoms with Crippen molar-refractivity contribution >= 4 is 23.2 Å². The van der Waals surface area contributed by atoms with Crippen LogP contribution < -0.4 is 10.6 Å². The number of nitrogens with one attached hydrogen (secondary N) is 2. The van der Waals surface area contributed by atoms with Crippen LogP contribution in [0.1, 0.15) is 68.8 Å². The van der Waals surface area contributed by atoms with Gasteiger partial charge in [0.05, 0.1) is 0 Å². The summed E-state index contributed by atoms with van der Waals surface area (Å²) in [4.78, 5) is 24.8. The molecule has 2 amide bonds. The fourth-order valence-electron chi connectivity index (χ4n) is 3.57. The van der Waals surface area contributed by atoms with E-state index in [1.54, 1.807) is 0 Å². The number of hydrogen-bond donors (Lipinski definition) is 2. The van der Waals surface area contributed by atoms with E-state index >= 15 is 0 Å². The Bertz CT molecular complexity index is 811. The minimum atomic E-state index is -0.139. The first kappa shape index (κ1) is 20.1. The van der Waals surface area contributed by atoms with Gasteiger partial charge in [-0.3, -0.25) is 9.59 Å². The molecule has 0 heterocycles. The molecule has 2 aromatic rings. The Morgan fingerprint density at radius 1 is 0.786 bits per heavy atom. The molecule has 1 aliphatic rings. The molecule has 148 valence electrons. The van der Waals surface area contributed by atoms with Crippen LogP contribution in [0.25, 0.3) is 0 Å². The Balaban J connectivity index is 1.57. The fourth-order valence-corrected chi connectivity index (χ4v) is 3.57. The van der Waals surface area contributed by atoms with Crippen LogP contribution in [0, 0.1) is 5.92 Å². The lowest BCUT2D eigenvalue weighted by Gasteiger charge is -2.20. The summed E-state index contributed by atoms with van der Waals surface area (Å²) in [5, 5.41) is 5.90. The number of benzene rings is 2. The smallest absolute Gasteiger partial charge is 0.255 e. The summed E-state index contributed by atoms with van der Waals surface area (Å²) >= 11 is 0. The molecule has 28 heavy (non-hydrogen) atoms. The van der Waals surface area contributed by atoms with Crippen LogP contribution in [0.5, 0.6) is 0 Å². The third-order valence-electron chi connectivity index (χ3n) is 5.40. The van der Waals surface area contributed by atoms with Crippen molar-refractivity contribution in [1.29, 1.82) is 0 Å². The fraction of sp³-hybridized carbons (Fsp3) is 0.417. The molecule has 1 aliphatic carbocycles. The van der Waals surface area contributed by atoms with Gasteiger partial charge in [0.15, 0.2) is 0 Å². The predicted octanol–water partition coefficient (Wildman–Crippen LogP) is 5.76. The number of carbonyl (C=O) groups is 2. The molecule has 0 unspecified atom stereocenters. The lowest BCUT2D eigenvalue weighted by atomic mass is 9.87. The monoisotopic (exact) mass is 378 g/mol. The third-order valence-corrected chi connectivity index (χ3v) is 5.40. The molecule has 3 rings (SSSR count). The second-order valence-corrected chi connectivity index (χ2v) is 8.68. The molecule has 4 nitrogen and oxygen atoms in total. The zero-order chi connectivity index (χ0) is 20.1. The van der Waals surface area contributed by atoms with E-state index in [4.69, 9.17) is 0 Å². The van der Waals surface area contributed by atoms with Gasteiger partial charge in [-0.15, -0.1) is 0 Å². The summed E-state index contributed by atoms with van der Waals surface area (Å²) in [5.74, 6) is 0.0964. The van der Waals surface area contributed by atoms with Crippen molar-refractivity contribution in [3.63, 3.8) is 0 Å². The molecule has 0 saturated heterocycles. The normalized spacial score (nSPS) is 15.1. The van der Waals surface area contributed by atoms with Crippen LogP contribution in [-0.4, -0.2) is 11.8 Å². The van der Waals surface area contributed by atoms with Crippen LogP contribution in [0.15, 0.2) is 48.5 Å². The van der Waals surface area contributed by atoms with Gasteiger partial charge in [0.1, 0.15) is 0 Å². The second kappa shape index (κ2) is 8.59. The number of anilines is 2. The Kier molecular flexibility index (Phi) is 6.18. The molecule has 0 aliphatic heterocycles. The van der Waals surface area contributed by atoms with Crippen LogP contribution in [0.2, 0.25) is 0 Å². The van der Waals surface area contributed by atoms with E-state index in [-0.39, 0.29) is 23.1 Å². The SMILES string of the molecule is CC(C)(C)c1ccc(C(=O)Nc2ccc(NC(=O)C3CCCCC3)cc2)cc1. The van der Waals surface area contributed by atoms with Gasteiger partial charge < -0.3 is 10.6 Å². The largest absolute Gasteiger partial charge is 0.326 e. The lowest BCUT2D eigenvalue weighted by molar-refractivity contribution is -0.120. The van der Waals surface area contributed by atoms with E-state index < -0.39 is 0 Å². The molecular formula is C24H30N2O2. The zero-order valence-corrected chi connectivity index (χ0v) is 17.0. The van der Waals surface area contributed by atoms with Gasteiger partial charge in [0.25, 0.3) is 5.91 Å². The topological polar surface area (TPSA) is 58.2 Å². The molecule has 0 aromatic heterocycles. The average Bonchev–Trinajstić information content (AvgIpc) is 2.69. The molecule has 0 atom stereocenters. The van der Waals surface area contributed by atoms with Gasteiger partial charge in [-0.25, -0.2) is 0 Å². The first-order chi connectivity index (χ1) is 13.3. The molecule has 0 bridgehead atoms. The van der Waals surface area contributed by atoms with Crippen molar-refractivity contribution in [2.45, 2.75) is 58.3 Å². The second-order valence-electron chi connectivity index (χ2n) is 8.68. The minimum absolute atomic E-state index is 0.0624. The van der Waals surface area contributed by atoms with Crippen molar-refractivity contribution in [3.8, 4) is 0 Å². The maximum Gasteiger partial charge on any atom is 0.255 e. The molecule has 2 N–H and O–H groups in total. The maximum atomic E-state index is 12.5. The zero-order valence-electron chi connectivity index (χ0n) is 17.0. The van der Waals surface area contributed by atoms with Crippen LogP contribution >= 0.6 is 0 Å². The number of rotatable bonds is 4. The summed E-state index contributed by atoms with van der Waals surface area (Å²) in [6.45, 7) is 6.45. The highest BCUT2D eigenvalue weighted by Gasteiger charge is 2.21. The van der Waals surface area contributed by atoms with Gasteiger partial charge in [0.2, 0.25) is 5.91 Å². The highest BCUT2D eigenvalue weighted by molar-refractivity contribution is 6.04. The van der Waals surface area contributed by atoms with Crippen molar-refractivity contribution in [2.24, 2.45) is 5.92 Å². The Hall–Kier alpha value is -2.62. The van der Waals surface area contributed by atoms with Gasteiger partial charge in [-0.2, -0.15) is 0 Å². The van der Waals surface area contributed by atoms with Crippen LogP contribution in [0.4, 0.5) is 11.4 Å². The molecular weight excluding hydrogens is 348 g/mol. The van der Waals surface area contributed by atoms with Crippen molar-refractivity contribution in [3.05, 3.63) is 59.7 Å². The van der Waals surface area contributed by atoms with Gasteiger partial charge >= 0.3 is 0 Å². The first-order valence-corrected chi connectivity index (χ1v) is 10.2. The van der Waals surface area contributed by atoms with E-state index in [0.717, 1.165) is 31.4 Å². The van der Waals surface area contributed by atoms with Crippen molar-refractivity contribution in [1.82, 2.24) is 0 Å². The summed E-state index contributed by atoms with van der Waals surface area (Å²) in [5.41, 5.74) is 3.36. The molecule has 1 fully saturated rings. The maximum absolute atomic E-state index is 12.5. The summed E-state index contributed by atoms with van der Waals surface area (Å²) in [6, 6.07) is 15.0. The van der Waals surface area contributed by atoms with Gasteiger partial charge in [0, 0.05) is 22.9 Å². The summed E-state index contributed by atoms with van der Waals surface area (Å²) in [6.07, 6.45) is 5.47. The number of carbonyl (C=O) groups excluding carboxylic acids is 2. The van der Waals surface area contributed by atoms with E-state index in [2.05, 4.69) is 31.4 Å². The standard InChI is InChI=1S/C24H30N2O2/c1-24(2,3)19-11-9-18(10-12-19)23(28)26-21-15-13-20(14-16-21)25-22(27)17-7-5-4-6-8-17/h9-17H,4-8H2,1-3H3,(H,25,27)(H,26,28). The molecule has 0 radical (unpaired) electrons. The number of amides is 2. The number of hydrogen-bond acceptors (Lipinski definition) is 2. The molecule has 0 spiro atoms. The summed E-state index contributed by atoms with van der Waals surface area (Å²) < 4.78 is 0. The third kappa shape index (κ3) is 5.22. The van der Waals surface area contributed by atoms with Crippen LogP contribution in [-0.2, 0) is 10.2 Å². The average molecular weight is 379 g/mol. The van der Waals surface area contributed by atoms with Crippen molar-refractivity contribution < 1.29 is 9.59 Å². The Labute approximate surface area is 167 Å². The molecule has 4 heteroatoms. The minimum Gasteiger partial charge on any atom is -0.326 e. The predicted molar refractivity (Wildman–Crippen MR) is 115 cm³/mol. The molecule has 2 aromatic carbocycles.